The van der Waals surface area contributed by atoms with Crippen LogP contribution in [-0.2, 0) is 8.98 Å². The molecule has 0 aliphatic carbocycles. The van der Waals surface area contributed by atoms with Crippen LogP contribution < -0.4 is 0 Å². The molecule has 1 unspecified atom stereocenters. The number of hydrogen-bond acceptors (Lipinski definition) is 3. The summed E-state index contributed by atoms with van der Waals surface area (Å²) in [5, 5.41) is 0. The Balaban J connectivity index is 1.93. The fourth-order valence-electron chi connectivity index (χ4n) is 1.52. The van der Waals surface area contributed by atoms with Gasteiger partial charge in [0.05, 0.1) is 18.0 Å². The predicted molar refractivity (Wildman–Crippen MR) is 73.2 cm³/mol. The van der Waals surface area contributed by atoms with E-state index in [2.05, 4.69) is 0 Å². The molecular formula is C15H14O2S. The van der Waals surface area contributed by atoms with Gasteiger partial charge in [0.2, 0.25) is 0 Å². The van der Waals surface area contributed by atoms with Gasteiger partial charge in [0.1, 0.15) is 0 Å². The first-order chi connectivity index (χ1) is 8.77. The van der Waals surface area contributed by atoms with Crippen molar-refractivity contribution in [3.63, 3.8) is 0 Å². The molecule has 2 rings (SSSR count). The monoisotopic (exact) mass is 258 g/mol. The van der Waals surface area contributed by atoms with Crippen LogP contribution in [0.5, 0.6) is 0 Å². The van der Waals surface area contributed by atoms with Gasteiger partial charge in [-0.25, -0.2) is 0 Å². The van der Waals surface area contributed by atoms with Crippen molar-refractivity contribution in [1.29, 1.82) is 0 Å². The van der Waals surface area contributed by atoms with Gasteiger partial charge in [0.25, 0.3) is 0 Å². The molecule has 0 saturated carbocycles. The maximum Gasteiger partial charge on any atom is 0.325 e. The van der Waals surface area contributed by atoms with Gasteiger partial charge in [-0.1, -0.05) is 48.5 Å². The molecule has 0 N–H and O–H groups in total. The zero-order valence-electron chi connectivity index (χ0n) is 10.1. The van der Waals surface area contributed by atoms with Crippen LogP contribution in [0.2, 0.25) is 0 Å². The van der Waals surface area contributed by atoms with Crippen molar-refractivity contribution in [1.82, 2.24) is 0 Å². The lowest BCUT2D eigenvalue weighted by Gasteiger charge is -2.10. The highest BCUT2D eigenvalue weighted by atomic mass is 32.2. The van der Waals surface area contributed by atoms with E-state index in [9.17, 15) is 4.79 Å². The zero-order chi connectivity index (χ0) is 12.8. The van der Waals surface area contributed by atoms with E-state index in [0.717, 1.165) is 22.5 Å². The highest BCUT2D eigenvalue weighted by molar-refractivity contribution is 7.95. The van der Waals surface area contributed by atoms with E-state index in [1.165, 1.54) is 0 Å². The minimum Gasteiger partial charge on any atom is -0.386 e. The van der Waals surface area contributed by atoms with Crippen molar-refractivity contribution >= 4 is 18.0 Å². The lowest BCUT2D eigenvalue weighted by molar-refractivity contribution is -0.134. The maximum atomic E-state index is 11.9. The van der Waals surface area contributed by atoms with Gasteiger partial charge in [-0.15, -0.1) is 0 Å². The lowest BCUT2D eigenvalue weighted by atomic mass is 10.0. The molecule has 0 aliphatic rings. The molecular weight excluding hydrogens is 244 g/mol. The second kappa shape index (κ2) is 6.26. The van der Waals surface area contributed by atoms with Crippen LogP contribution in [0.1, 0.15) is 18.4 Å². The van der Waals surface area contributed by atoms with Gasteiger partial charge >= 0.3 is 5.97 Å². The Kier molecular flexibility index (Phi) is 4.42. The van der Waals surface area contributed by atoms with E-state index in [0.29, 0.717) is 0 Å². The fraction of sp³-hybridized carbons (Fsp3) is 0.133. The minimum atomic E-state index is -0.248. The average Bonchev–Trinajstić information content (AvgIpc) is 2.46. The summed E-state index contributed by atoms with van der Waals surface area (Å²) in [6.07, 6.45) is 0. The van der Waals surface area contributed by atoms with Crippen LogP contribution in [-0.4, -0.2) is 5.97 Å². The van der Waals surface area contributed by atoms with Crippen LogP contribution >= 0.6 is 12.0 Å². The first kappa shape index (κ1) is 12.7. The number of rotatable bonds is 4. The van der Waals surface area contributed by atoms with Crippen molar-refractivity contribution in [2.75, 3.05) is 0 Å². The Hall–Kier alpha value is -1.74. The molecule has 0 bridgehead atoms. The van der Waals surface area contributed by atoms with Crippen LogP contribution in [0.3, 0.4) is 0 Å². The van der Waals surface area contributed by atoms with E-state index >= 15 is 0 Å². The lowest BCUT2D eigenvalue weighted by Crippen LogP contribution is -2.09. The van der Waals surface area contributed by atoms with Crippen LogP contribution in [0.15, 0.2) is 65.6 Å². The summed E-state index contributed by atoms with van der Waals surface area (Å²) in [5.74, 6) is -0.475. The van der Waals surface area contributed by atoms with E-state index in [4.69, 9.17) is 4.18 Å². The molecule has 0 radical (unpaired) electrons. The summed E-state index contributed by atoms with van der Waals surface area (Å²) in [4.78, 5) is 12.8. The van der Waals surface area contributed by atoms with Crippen LogP contribution in [0, 0.1) is 0 Å². The predicted octanol–water partition coefficient (Wildman–Crippen LogP) is 4.04. The number of hydrogen-bond donors (Lipinski definition) is 0. The molecule has 0 amide bonds. The van der Waals surface area contributed by atoms with E-state index in [-0.39, 0.29) is 11.9 Å². The summed E-state index contributed by atoms with van der Waals surface area (Å²) >= 11 is 1.10. The Morgan fingerprint density at radius 2 is 1.56 bits per heavy atom. The number of benzene rings is 2. The molecule has 18 heavy (non-hydrogen) atoms. The standard InChI is InChI=1S/C15H14O2S/c1-12(13-8-4-2-5-9-13)15(16)17-18-14-10-6-3-7-11-14/h2-12H,1H3. The summed E-state index contributed by atoms with van der Waals surface area (Å²) in [7, 11) is 0. The van der Waals surface area contributed by atoms with Crippen molar-refractivity contribution in [2.45, 2.75) is 17.7 Å². The molecule has 0 aliphatic heterocycles. The van der Waals surface area contributed by atoms with Gasteiger partial charge in [-0.05, 0) is 24.6 Å². The minimum absolute atomic E-state index is 0.227. The molecule has 1 atom stereocenters. The van der Waals surface area contributed by atoms with Crippen molar-refractivity contribution < 1.29 is 8.98 Å². The Labute approximate surface area is 111 Å². The molecule has 2 aromatic rings. The molecule has 92 valence electrons. The third-order valence-electron chi connectivity index (χ3n) is 2.62. The normalized spacial score (nSPS) is 11.8. The highest BCUT2D eigenvalue weighted by Crippen LogP contribution is 2.23. The molecule has 0 heterocycles. The topological polar surface area (TPSA) is 26.3 Å². The number of carbonyl (C=O) groups excluding carboxylic acids is 1. The molecule has 0 aromatic heterocycles. The largest absolute Gasteiger partial charge is 0.386 e. The van der Waals surface area contributed by atoms with E-state index < -0.39 is 0 Å². The molecule has 3 heteroatoms. The van der Waals surface area contributed by atoms with Crippen LogP contribution in [0.25, 0.3) is 0 Å². The van der Waals surface area contributed by atoms with Crippen molar-refractivity contribution in [2.24, 2.45) is 0 Å². The maximum absolute atomic E-state index is 11.9. The van der Waals surface area contributed by atoms with E-state index in [1.807, 2.05) is 67.6 Å². The number of carbonyl (C=O) groups is 1. The highest BCUT2D eigenvalue weighted by Gasteiger charge is 2.17. The van der Waals surface area contributed by atoms with Gasteiger partial charge in [0.15, 0.2) is 0 Å². The first-order valence-electron chi connectivity index (χ1n) is 5.76. The summed E-state index contributed by atoms with van der Waals surface area (Å²) in [6, 6.07) is 19.2. The Morgan fingerprint density at radius 1 is 1.00 bits per heavy atom. The Bertz CT molecular complexity index is 496. The SMILES string of the molecule is CC(C(=O)OSc1ccccc1)c1ccccc1. The van der Waals surface area contributed by atoms with Crippen molar-refractivity contribution in [3.05, 3.63) is 66.2 Å². The fourth-order valence-corrected chi connectivity index (χ4v) is 2.11. The van der Waals surface area contributed by atoms with Gasteiger partial charge < -0.3 is 4.18 Å². The Morgan fingerprint density at radius 3 is 2.17 bits per heavy atom. The molecule has 0 saturated heterocycles. The third-order valence-corrected chi connectivity index (χ3v) is 3.33. The third kappa shape index (κ3) is 3.37. The van der Waals surface area contributed by atoms with Crippen molar-refractivity contribution in [3.8, 4) is 0 Å². The summed E-state index contributed by atoms with van der Waals surface area (Å²) in [5.41, 5.74) is 0.969. The van der Waals surface area contributed by atoms with Gasteiger partial charge in [-0.3, -0.25) is 4.79 Å². The van der Waals surface area contributed by atoms with Gasteiger partial charge in [0, 0.05) is 4.90 Å². The van der Waals surface area contributed by atoms with E-state index in [1.54, 1.807) is 0 Å². The second-order valence-electron chi connectivity index (χ2n) is 3.93. The first-order valence-corrected chi connectivity index (χ1v) is 6.50. The molecule has 2 aromatic carbocycles. The smallest absolute Gasteiger partial charge is 0.325 e. The second-order valence-corrected chi connectivity index (χ2v) is 4.74. The zero-order valence-corrected chi connectivity index (χ0v) is 10.9. The molecule has 0 fully saturated rings. The summed E-state index contributed by atoms with van der Waals surface area (Å²) < 4.78 is 5.22. The molecule has 2 nitrogen and oxygen atoms in total. The quantitative estimate of drug-likeness (QED) is 0.774. The average molecular weight is 258 g/mol. The summed E-state index contributed by atoms with van der Waals surface area (Å²) in [6.45, 7) is 1.85. The molecule has 0 spiro atoms. The van der Waals surface area contributed by atoms with Crippen LogP contribution in [0.4, 0.5) is 0 Å². The van der Waals surface area contributed by atoms with Gasteiger partial charge in [-0.2, -0.15) is 0 Å².